The molecule has 0 N–H and O–H groups in total. The Morgan fingerprint density at radius 2 is 2.35 bits per heavy atom. The Kier molecular flexibility index (Phi) is 1.95. The van der Waals surface area contributed by atoms with E-state index >= 15 is 0 Å². The van der Waals surface area contributed by atoms with E-state index in [1.807, 2.05) is 13.0 Å². The lowest BCUT2D eigenvalue weighted by atomic mass is 10.2. The Balaban J connectivity index is 2.44. The molecular formula is C12H8N4O. The second-order valence-corrected chi connectivity index (χ2v) is 3.67. The lowest BCUT2D eigenvalue weighted by Crippen LogP contribution is -1.99. The molecule has 0 amide bonds. The van der Waals surface area contributed by atoms with Crippen molar-refractivity contribution >= 4 is 5.65 Å². The van der Waals surface area contributed by atoms with Crippen molar-refractivity contribution in [1.29, 1.82) is 5.26 Å². The van der Waals surface area contributed by atoms with Gasteiger partial charge in [0.05, 0.1) is 17.5 Å². The van der Waals surface area contributed by atoms with Gasteiger partial charge in [-0.05, 0) is 19.1 Å². The number of hydrogen-bond donors (Lipinski definition) is 0. The van der Waals surface area contributed by atoms with Crippen LogP contribution in [0.15, 0.2) is 35.1 Å². The molecule has 0 saturated carbocycles. The largest absolute Gasteiger partial charge is 0.463 e. The zero-order valence-electron chi connectivity index (χ0n) is 9.08. The number of rotatable bonds is 1. The van der Waals surface area contributed by atoms with Gasteiger partial charge in [-0.15, -0.1) is 0 Å². The lowest BCUT2D eigenvalue weighted by Gasteiger charge is -2.02. The Bertz CT molecular complexity index is 719. The maximum atomic E-state index is 9.11. The maximum absolute atomic E-state index is 9.11. The number of aryl methyl sites for hydroxylation is 1. The Hall–Kier alpha value is -2.61. The maximum Gasteiger partial charge on any atom is 0.156 e. The second kappa shape index (κ2) is 3.46. The minimum Gasteiger partial charge on any atom is -0.463 e. The van der Waals surface area contributed by atoms with Crippen LogP contribution in [-0.4, -0.2) is 14.6 Å². The normalized spacial score (nSPS) is 10.6. The molecule has 3 aromatic heterocycles. The summed E-state index contributed by atoms with van der Waals surface area (Å²) in [5.41, 5.74) is 2.62. The summed E-state index contributed by atoms with van der Waals surface area (Å²) in [6.45, 7) is 1.88. The standard InChI is InChI=1S/C12H8N4O/c1-8-5-11-14-7-9(6-13)12(16(11)15-8)10-3-2-4-17-10/h2-5,7H,1H3. The van der Waals surface area contributed by atoms with Crippen LogP contribution in [0, 0.1) is 18.3 Å². The predicted molar refractivity (Wildman–Crippen MR) is 60.1 cm³/mol. The van der Waals surface area contributed by atoms with Crippen LogP contribution in [0.5, 0.6) is 0 Å². The number of hydrogen-bond acceptors (Lipinski definition) is 4. The van der Waals surface area contributed by atoms with E-state index in [-0.39, 0.29) is 0 Å². The third-order valence-electron chi connectivity index (χ3n) is 2.48. The number of nitriles is 1. The van der Waals surface area contributed by atoms with Crippen molar-refractivity contribution < 1.29 is 4.42 Å². The first-order chi connectivity index (χ1) is 8.29. The molecule has 3 heterocycles. The van der Waals surface area contributed by atoms with Gasteiger partial charge in [0.15, 0.2) is 11.4 Å². The molecule has 3 rings (SSSR count). The van der Waals surface area contributed by atoms with Crippen LogP contribution in [0.1, 0.15) is 11.3 Å². The molecule has 0 aliphatic carbocycles. The van der Waals surface area contributed by atoms with Gasteiger partial charge in [-0.3, -0.25) is 0 Å². The third kappa shape index (κ3) is 1.39. The van der Waals surface area contributed by atoms with Crippen molar-refractivity contribution in [3.8, 4) is 17.5 Å². The molecule has 0 fully saturated rings. The molecule has 0 saturated heterocycles. The van der Waals surface area contributed by atoms with Gasteiger partial charge in [-0.2, -0.15) is 10.4 Å². The summed E-state index contributed by atoms with van der Waals surface area (Å²) in [5, 5.41) is 13.4. The van der Waals surface area contributed by atoms with Crippen molar-refractivity contribution in [3.05, 3.63) is 41.9 Å². The highest BCUT2D eigenvalue weighted by molar-refractivity contribution is 5.64. The first kappa shape index (κ1) is 9.60. The van der Waals surface area contributed by atoms with E-state index in [0.717, 1.165) is 5.69 Å². The van der Waals surface area contributed by atoms with Gasteiger partial charge in [0.25, 0.3) is 0 Å². The monoisotopic (exact) mass is 224 g/mol. The molecule has 0 bridgehead atoms. The van der Waals surface area contributed by atoms with E-state index in [2.05, 4.69) is 16.2 Å². The number of furan rings is 1. The molecule has 0 aliphatic rings. The van der Waals surface area contributed by atoms with Gasteiger partial charge in [0.2, 0.25) is 0 Å². The zero-order chi connectivity index (χ0) is 11.8. The average Bonchev–Trinajstić information content (AvgIpc) is 2.94. The molecule has 0 radical (unpaired) electrons. The predicted octanol–water partition coefficient (Wildman–Crippen LogP) is 2.17. The SMILES string of the molecule is Cc1cc2ncc(C#N)c(-c3ccco3)n2n1. The molecule has 0 aliphatic heterocycles. The van der Waals surface area contributed by atoms with Crippen molar-refractivity contribution in [2.75, 3.05) is 0 Å². The van der Waals surface area contributed by atoms with E-state index in [9.17, 15) is 0 Å². The van der Waals surface area contributed by atoms with Crippen LogP contribution in [-0.2, 0) is 0 Å². The van der Waals surface area contributed by atoms with Crippen LogP contribution in [0.4, 0.5) is 0 Å². The zero-order valence-corrected chi connectivity index (χ0v) is 9.08. The van der Waals surface area contributed by atoms with Gasteiger partial charge < -0.3 is 4.42 Å². The summed E-state index contributed by atoms with van der Waals surface area (Å²) < 4.78 is 6.97. The van der Waals surface area contributed by atoms with Crippen molar-refractivity contribution in [2.45, 2.75) is 6.92 Å². The van der Waals surface area contributed by atoms with Gasteiger partial charge in [-0.1, -0.05) is 0 Å². The molecular weight excluding hydrogens is 216 g/mol. The van der Waals surface area contributed by atoms with Crippen LogP contribution < -0.4 is 0 Å². The van der Waals surface area contributed by atoms with E-state index < -0.39 is 0 Å². The minimum absolute atomic E-state index is 0.440. The molecule has 3 aromatic rings. The van der Waals surface area contributed by atoms with E-state index in [1.54, 1.807) is 22.9 Å². The van der Waals surface area contributed by atoms with Crippen LogP contribution in [0.25, 0.3) is 17.1 Å². The fraction of sp³-hybridized carbons (Fsp3) is 0.0833. The topological polar surface area (TPSA) is 67.1 Å². The molecule has 0 spiro atoms. The van der Waals surface area contributed by atoms with E-state index in [0.29, 0.717) is 22.7 Å². The van der Waals surface area contributed by atoms with Gasteiger partial charge in [0, 0.05) is 12.3 Å². The third-order valence-corrected chi connectivity index (χ3v) is 2.48. The molecule has 5 heteroatoms. The summed E-state index contributed by atoms with van der Waals surface area (Å²) >= 11 is 0. The highest BCUT2D eigenvalue weighted by Gasteiger charge is 2.14. The number of aromatic nitrogens is 3. The molecule has 5 nitrogen and oxygen atoms in total. The molecule has 17 heavy (non-hydrogen) atoms. The van der Waals surface area contributed by atoms with E-state index in [4.69, 9.17) is 9.68 Å². The fourth-order valence-electron chi connectivity index (χ4n) is 1.78. The molecule has 0 aromatic carbocycles. The Morgan fingerprint density at radius 3 is 3.06 bits per heavy atom. The van der Waals surface area contributed by atoms with E-state index in [1.165, 1.54) is 6.20 Å². The Labute approximate surface area is 96.9 Å². The van der Waals surface area contributed by atoms with Crippen molar-refractivity contribution in [2.24, 2.45) is 0 Å². The Morgan fingerprint density at radius 1 is 1.47 bits per heavy atom. The minimum atomic E-state index is 0.440. The summed E-state index contributed by atoms with van der Waals surface area (Å²) in [7, 11) is 0. The summed E-state index contributed by atoms with van der Waals surface area (Å²) in [6, 6.07) is 7.53. The second-order valence-electron chi connectivity index (χ2n) is 3.67. The molecule has 0 atom stereocenters. The van der Waals surface area contributed by atoms with Gasteiger partial charge in [-0.25, -0.2) is 9.50 Å². The first-order valence-corrected chi connectivity index (χ1v) is 5.09. The molecule has 0 unspecified atom stereocenters. The van der Waals surface area contributed by atoms with Gasteiger partial charge >= 0.3 is 0 Å². The van der Waals surface area contributed by atoms with Crippen LogP contribution >= 0.6 is 0 Å². The number of fused-ring (bicyclic) bond motifs is 1. The smallest absolute Gasteiger partial charge is 0.156 e. The summed E-state index contributed by atoms with van der Waals surface area (Å²) in [4.78, 5) is 4.18. The van der Waals surface area contributed by atoms with Crippen LogP contribution in [0.2, 0.25) is 0 Å². The lowest BCUT2D eigenvalue weighted by molar-refractivity contribution is 0.577. The van der Waals surface area contributed by atoms with Crippen LogP contribution in [0.3, 0.4) is 0 Å². The summed E-state index contributed by atoms with van der Waals surface area (Å²) in [5.74, 6) is 0.608. The average molecular weight is 224 g/mol. The fourth-order valence-corrected chi connectivity index (χ4v) is 1.78. The first-order valence-electron chi connectivity index (χ1n) is 5.09. The van der Waals surface area contributed by atoms with Gasteiger partial charge in [0.1, 0.15) is 11.8 Å². The number of nitrogens with zero attached hydrogens (tertiary/aromatic N) is 4. The van der Waals surface area contributed by atoms with Crippen molar-refractivity contribution in [3.63, 3.8) is 0 Å². The highest BCUT2D eigenvalue weighted by atomic mass is 16.3. The molecule has 82 valence electrons. The summed E-state index contributed by atoms with van der Waals surface area (Å²) in [6.07, 6.45) is 3.10. The van der Waals surface area contributed by atoms with Crippen molar-refractivity contribution in [1.82, 2.24) is 14.6 Å². The highest BCUT2D eigenvalue weighted by Crippen LogP contribution is 2.24. The quantitative estimate of drug-likeness (QED) is 0.635.